The molecule has 1 atom stereocenters. The van der Waals surface area contributed by atoms with Gasteiger partial charge in [-0.05, 0) is 27.2 Å². The number of carbonyl (C=O) groups excluding carboxylic acids is 1. The largest absolute Gasteiger partial charge is 0.463 e. The second kappa shape index (κ2) is 5.22. The van der Waals surface area contributed by atoms with Crippen LogP contribution in [-0.4, -0.2) is 23.8 Å². The van der Waals surface area contributed by atoms with Gasteiger partial charge in [0.1, 0.15) is 6.61 Å². The summed E-state index contributed by atoms with van der Waals surface area (Å²) >= 11 is 0. The van der Waals surface area contributed by atoms with Crippen LogP contribution < -0.4 is 0 Å². The molecule has 0 aliphatic heterocycles. The Morgan fingerprint density at radius 3 is 2.46 bits per heavy atom. The van der Waals surface area contributed by atoms with E-state index in [2.05, 4.69) is 0 Å². The first-order valence-corrected chi connectivity index (χ1v) is 4.75. The molecule has 0 aliphatic rings. The van der Waals surface area contributed by atoms with Gasteiger partial charge in [-0.1, -0.05) is 13.3 Å². The molecule has 0 rings (SSSR count). The molecule has 0 bridgehead atoms. The molecule has 13 heavy (non-hydrogen) atoms. The second-order valence-corrected chi connectivity index (χ2v) is 4.08. The van der Waals surface area contributed by atoms with E-state index in [0.717, 1.165) is 12.8 Å². The van der Waals surface area contributed by atoms with Crippen molar-refractivity contribution < 1.29 is 14.6 Å². The lowest BCUT2D eigenvalue weighted by Gasteiger charge is -2.22. The zero-order valence-electron chi connectivity index (χ0n) is 8.96. The van der Waals surface area contributed by atoms with Crippen LogP contribution in [0.5, 0.6) is 0 Å². The maximum absolute atomic E-state index is 11.4. The summed E-state index contributed by atoms with van der Waals surface area (Å²) in [6.07, 6.45) is 1.18. The summed E-state index contributed by atoms with van der Waals surface area (Å²) in [6, 6.07) is 0. The van der Waals surface area contributed by atoms with Crippen LogP contribution in [0.25, 0.3) is 0 Å². The van der Waals surface area contributed by atoms with Crippen LogP contribution in [0.1, 0.15) is 40.5 Å². The van der Waals surface area contributed by atoms with Crippen LogP contribution >= 0.6 is 0 Å². The van der Waals surface area contributed by atoms with Crippen molar-refractivity contribution >= 4 is 5.97 Å². The van der Waals surface area contributed by atoms with Gasteiger partial charge in [-0.2, -0.15) is 0 Å². The number of esters is 1. The summed E-state index contributed by atoms with van der Waals surface area (Å²) in [7, 11) is 0. The summed E-state index contributed by atoms with van der Waals surface area (Å²) in [5.41, 5.74) is -0.427. The number of rotatable bonds is 5. The fraction of sp³-hybridized carbons (Fsp3) is 0.900. The van der Waals surface area contributed by atoms with E-state index in [1.165, 1.54) is 0 Å². The predicted molar refractivity (Wildman–Crippen MR) is 51.3 cm³/mol. The molecule has 0 spiro atoms. The van der Waals surface area contributed by atoms with E-state index < -0.39 is 11.5 Å². The van der Waals surface area contributed by atoms with Crippen molar-refractivity contribution in [2.45, 2.75) is 46.6 Å². The Bertz CT molecular complexity index is 162. The molecule has 0 fully saturated rings. The van der Waals surface area contributed by atoms with Crippen LogP contribution in [0.2, 0.25) is 0 Å². The summed E-state index contributed by atoms with van der Waals surface area (Å²) in [5, 5.41) is 8.92. The van der Waals surface area contributed by atoms with Gasteiger partial charge in [-0.3, -0.25) is 4.79 Å². The summed E-state index contributed by atoms with van der Waals surface area (Å²) in [6.45, 7) is 7.44. The minimum Gasteiger partial charge on any atom is -0.463 e. The summed E-state index contributed by atoms with van der Waals surface area (Å²) in [5.74, 6) is -0.227. The highest BCUT2D eigenvalue weighted by atomic mass is 16.5. The standard InChI is InChI=1S/C10H20O3/c1-5-6-10(3,4)9(12)13-7-8(2)11/h8,11H,5-7H2,1-4H3. The van der Waals surface area contributed by atoms with E-state index in [4.69, 9.17) is 9.84 Å². The third-order valence-corrected chi connectivity index (χ3v) is 1.88. The minimum absolute atomic E-state index is 0.0893. The highest BCUT2D eigenvalue weighted by molar-refractivity contribution is 5.75. The van der Waals surface area contributed by atoms with Crippen LogP contribution in [0, 0.1) is 5.41 Å². The zero-order chi connectivity index (χ0) is 10.5. The van der Waals surface area contributed by atoms with Gasteiger partial charge >= 0.3 is 5.97 Å². The molecule has 0 amide bonds. The molecule has 0 aromatic heterocycles. The molecule has 0 saturated carbocycles. The van der Waals surface area contributed by atoms with Crippen LogP contribution in [0.15, 0.2) is 0 Å². The normalized spacial score (nSPS) is 13.9. The number of hydrogen-bond donors (Lipinski definition) is 1. The average Bonchev–Trinajstić information content (AvgIpc) is 1.99. The SMILES string of the molecule is CCCC(C)(C)C(=O)OCC(C)O. The molecule has 78 valence electrons. The lowest BCUT2D eigenvalue weighted by Crippen LogP contribution is -2.28. The van der Waals surface area contributed by atoms with Gasteiger partial charge in [-0.15, -0.1) is 0 Å². The van der Waals surface area contributed by atoms with Crippen molar-refractivity contribution in [3.63, 3.8) is 0 Å². The van der Waals surface area contributed by atoms with Crippen LogP contribution in [0.4, 0.5) is 0 Å². The summed E-state index contributed by atoms with van der Waals surface area (Å²) < 4.78 is 4.93. The number of carbonyl (C=O) groups is 1. The van der Waals surface area contributed by atoms with Crippen molar-refractivity contribution in [1.29, 1.82) is 0 Å². The van der Waals surface area contributed by atoms with Gasteiger partial charge in [0, 0.05) is 0 Å². The molecule has 0 aliphatic carbocycles. The molecule has 3 nitrogen and oxygen atoms in total. The molecule has 0 saturated heterocycles. The van der Waals surface area contributed by atoms with Crippen molar-refractivity contribution in [2.24, 2.45) is 5.41 Å². The fourth-order valence-corrected chi connectivity index (χ4v) is 1.12. The molecule has 3 heteroatoms. The van der Waals surface area contributed by atoms with E-state index in [0.29, 0.717) is 0 Å². The topological polar surface area (TPSA) is 46.5 Å². The van der Waals surface area contributed by atoms with Crippen LogP contribution in [-0.2, 0) is 9.53 Å². The van der Waals surface area contributed by atoms with Crippen LogP contribution in [0.3, 0.4) is 0 Å². The molecular weight excluding hydrogens is 168 g/mol. The highest BCUT2D eigenvalue weighted by Gasteiger charge is 2.28. The zero-order valence-corrected chi connectivity index (χ0v) is 8.96. The molecule has 0 heterocycles. The Morgan fingerprint density at radius 2 is 2.08 bits per heavy atom. The van der Waals surface area contributed by atoms with E-state index in [-0.39, 0.29) is 12.6 Å². The maximum Gasteiger partial charge on any atom is 0.311 e. The number of aliphatic hydroxyl groups excluding tert-OH is 1. The Hall–Kier alpha value is -0.570. The predicted octanol–water partition coefficient (Wildman–Crippen LogP) is 1.74. The average molecular weight is 188 g/mol. The molecule has 0 aromatic carbocycles. The van der Waals surface area contributed by atoms with Crippen molar-refractivity contribution in [1.82, 2.24) is 0 Å². The maximum atomic E-state index is 11.4. The van der Waals surface area contributed by atoms with Crippen molar-refractivity contribution in [2.75, 3.05) is 6.61 Å². The van der Waals surface area contributed by atoms with Gasteiger partial charge in [0.05, 0.1) is 11.5 Å². The van der Waals surface area contributed by atoms with Gasteiger partial charge in [0.2, 0.25) is 0 Å². The van der Waals surface area contributed by atoms with E-state index in [1.807, 2.05) is 20.8 Å². The lowest BCUT2D eigenvalue weighted by molar-refractivity contribution is -0.157. The Morgan fingerprint density at radius 1 is 1.54 bits per heavy atom. The first-order chi connectivity index (χ1) is 5.90. The quantitative estimate of drug-likeness (QED) is 0.668. The molecule has 1 N–H and O–H groups in total. The monoisotopic (exact) mass is 188 g/mol. The number of aliphatic hydroxyl groups is 1. The van der Waals surface area contributed by atoms with E-state index in [1.54, 1.807) is 6.92 Å². The number of hydrogen-bond acceptors (Lipinski definition) is 3. The van der Waals surface area contributed by atoms with Gasteiger partial charge in [-0.25, -0.2) is 0 Å². The van der Waals surface area contributed by atoms with E-state index in [9.17, 15) is 4.79 Å². The third-order valence-electron chi connectivity index (χ3n) is 1.88. The fourth-order valence-electron chi connectivity index (χ4n) is 1.12. The molecular formula is C10H20O3. The highest BCUT2D eigenvalue weighted by Crippen LogP contribution is 2.23. The Kier molecular flexibility index (Phi) is 4.99. The van der Waals surface area contributed by atoms with E-state index >= 15 is 0 Å². The first-order valence-electron chi connectivity index (χ1n) is 4.75. The molecule has 0 aromatic rings. The molecule has 1 unspecified atom stereocenters. The Labute approximate surface area is 80.1 Å². The molecule has 0 radical (unpaired) electrons. The smallest absolute Gasteiger partial charge is 0.311 e. The van der Waals surface area contributed by atoms with Gasteiger partial charge < -0.3 is 9.84 Å². The first kappa shape index (κ1) is 12.4. The Balaban J connectivity index is 3.94. The van der Waals surface area contributed by atoms with Crippen molar-refractivity contribution in [3.8, 4) is 0 Å². The van der Waals surface area contributed by atoms with Gasteiger partial charge in [0.15, 0.2) is 0 Å². The van der Waals surface area contributed by atoms with Crippen molar-refractivity contribution in [3.05, 3.63) is 0 Å². The summed E-state index contributed by atoms with van der Waals surface area (Å²) in [4.78, 5) is 11.4. The minimum atomic E-state index is -0.582. The lowest BCUT2D eigenvalue weighted by atomic mass is 9.88. The third kappa shape index (κ3) is 4.88. The second-order valence-electron chi connectivity index (χ2n) is 4.08. The van der Waals surface area contributed by atoms with Gasteiger partial charge in [0.25, 0.3) is 0 Å². The number of ether oxygens (including phenoxy) is 1.